The van der Waals surface area contributed by atoms with E-state index in [1.807, 2.05) is 12.1 Å². The Balaban J connectivity index is 0.000000181. The van der Waals surface area contributed by atoms with Crippen LogP contribution in [-0.4, -0.2) is 80.8 Å². The first-order valence-corrected chi connectivity index (χ1v) is 39.1. The number of ether oxygens (including phenoxy) is 1. The second-order valence-electron chi connectivity index (χ2n) is 36.8. The minimum atomic E-state index is -1.05. The Morgan fingerprint density at radius 3 is 1.22 bits per heavy atom. The summed E-state index contributed by atoms with van der Waals surface area (Å²) in [6, 6.07) is 20.0. The summed E-state index contributed by atoms with van der Waals surface area (Å²) in [7, 11) is 0. The summed E-state index contributed by atoms with van der Waals surface area (Å²) >= 11 is 5.30. The summed E-state index contributed by atoms with van der Waals surface area (Å²) in [6.45, 7) is 43.6. The first kappa shape index (κ1) is 81.4. The largest absolute Gasteiger partial charge is 0.478 e. The molecule has 0 saturated heterocycles. The minimum Gasteiger partial charge on any atom is -0.478 e. The number of esters is 1. The maximum atomic E-state index is 13.5. The number of anilines is 3. The van der Waals surface area contributed by atoms with Crippen LogP contribution in [0.3, 0.4) is 0 Å². The van der Waals surface area contributed by atoms with Crippen LogP contribution in [0, 0.1) is 113 Å². The van der Waals surface area contributed by atoms with Crippen LogP contribution in [0.5, 0.6) is 0 Å². The SMILES string of the molecule is C.C=C(C)[C@@H]1CC[C@]2(CO)CC[C@]3(C)C(CCC4[C@@]5(C)CC[C@H](O)C(C)(C)C5CC[C@]43C)C12.C=C(C)[C@@H]1CC[C@]2(COC(=O)c3ccccc3NC(C)=O)CC[C@]3(C)C(CCC4[C@@]5(C)CC[C@H](O)C(C)(C)C5CC[C@]43C)C12.CC(=O)Nc1ccccc1C(=O)Cl.CC(=O)Nc1ccccc1C(=O)O. The number of hydrogen-bond donors (Lipinski definition) is 7. The molecule has 3 aromatic rings. The Bertz CT molecular complexity index is 3630. The standard InChI is InChI=1S/C39H57NO4.C30H50O2.C9H8ClNO2.C9H9NO3.CH4/c1-24(2)26-15-20-39(23-44-34(43)27-11-9-10-12-29(27)40-25(3)41)22-21-37(7)28(33(26)39)13-14-31-36(6)18-17-32(42)35(4,5)30(36)16-19-38(31,37)8;1-19(2)20-10-15-30(18-31)17-16-28(6)21(25(20)30)8-9-23-27(5)13-12-24(32)26(3,4)22(27)11-14-29(23,28)7;1-6(12)11-8-5-3-2-4-7(8)9(10)13;1-6(11)10-8-5-3-2-4-7(8)9(12)13;/h9-12,26,28,30-33,42H,1,13-23H2,2-8H3,(H,40,41);20-25,31-32H,1,8-18H2,2-7H3;2-5H,1H3,(H,11,12);2-5H,1H3,(H,10,11)(H,12,13);1H4/t26-,28?,30?,31?,32-,33?,36-,37+,38+,39+;20-,21?,22?,23?,24-,25?,27-,28+,29+,30+;;;/m00.../s1. The van der Waals surface area contributed by atoms with Crippen molar-refractivity contribution in [2.24, 2.45) is 113 Å². The number of para-hydroxylation sites is 3. The first-order chi connectivity index (χ1) is 47.7. The van der Waals surface area contributed by atoms with Crippen molar-refractivity contribution in [1.29, 1.82) is 0 Å². The molecule has 568 valence electrons. The molecule has 8 unspecified atom stereocenters. The normalized spacial score (nSPS) is 38.7. The molecule has 10 aliphatic rings. The number of aliphatic hydroxyl groups excluding tert-OH is 3. The molecule has 0 radical (unpaired) electrons. The number of carboxylic acid groups (broad SMARTS) is 1. The van der Waals surface area contributed by atoms with Gasteiger partial charge in [-0.1, -0.05) is 137 Å². The second kappa shape index (κ2) is 30.2. The van der Waals surface area contributed by atoms with Crippen molar-refractivity contribution in [1.82, 2.24) is 0 Å². The van der Waals surface area contributed by atoms with Gasteiger partial charge >= 0.3 is 11.9 Å². The fourth-order valence-corrected chi connectivity index (χ4v) is 26.4. The number of nitrogens with one attached hydrogen (secondary N) is 3. The Hall–Kier alpha value is -5.67. The van der Waals surface area contributed by atoms with Crippen LogP contribution in [0.25, 0.3) is 0 Å². The number of amides is 3. The van der Waals surface area contributed by atoms with Crippen LogP contribution < -0.4 is 16.0 Å². The van der Waals surface area contributed by atoms with Crippen LogP contribution in [-0.2, 0) is 19.1 Å². The van der Waals surface area contributed by atoms with Gasteiger partial charge in [-0.25, -0.2) is 9.59 Å². The van der Waals surface area contributed by atoms with E-state index in [1.165, 1.54) is 128 Å². The van der Waals surface area contributed by atoms with Crippen molar-refractivity contribution in [3.63, 3.8) is 0 Å². The second-order valence-corrected chi connectivity index (χ2v) is 37.2. The molecule has 0 aromatic heterocycles. The third kappa shape index (κ3) is 14.1. The summed E-state index contributed by atoms with van der Waals surface area (Å²) in [5, 5.41) is 48.5. The van der Waals surface area contributed by atoms with Crippen molar-refractivity contribution in [3.05, 3.63) is 114 Å². The molecule has 20 atom stereocenters. The molecule has 14 nitrogen and oxygen atoms in total. The van der Waals surface area contributed by atoms with Crippen LogP contribution in [0.1, 0.15) is 271 Å². The quantitative estimate of drug-likeness (QED) is 0.0543. The number of carboxylic acids is 1. The molecule has 0 bridgehead atoms. The zero-order valence-corrected chi connectivity index (χ0v) is 65.1. The summed E-state index contributed by atoms with van der Waals surface area (Å²) in [5.74, 6) is 3.95. The number of benzene rings is 3. The third-order valence-corrected chi connectivity index (χ3v) is 31.8. The van der Waals surface area contributed by atoms with Gasteiger partial charge in [0.1, 0.15) is 0 Å². The van der Waals surface area contributed by atoms with E-state index in [2.05, 4.69) is 112 Å². The van der Waals surface area contributed by atoms with Crippen molar-refractivity contribution in [3.8, 4) is 0 Å². The molecule has 15 heteroatoms. The molecule has 10 aliphatic carbocycles. The van der Waals surface area contributed by atoms with Crippen molar-refractivity contribution in [2.45, 2.75) is 252 Å². The summed E-state index contributed by atoms with van der Waals surface area (Å²) in [6.07, 6.45) is 23.5. The van der Waals surface area contributed by atoms with E-state index in [0.29, 0.717) is 105 Å². The van der Waals surface area contributed by atoms with Crippen molar-refractivity contribution < 1.29 is 53.9 Å². The van der Waals surface area contributed by atoms with Gasteiger partial charge in [0.15, 0.2) is 0 Å². The number of aliphatic hydroxyl groups is 3. The number of fused-ring (bicyclic) bond motifs is 14. The highest BCUT2D eigenvalue weighted by atomic mass is 35.5. The summed E-state index contributed by atoms with van der Waals surface area (Å²) < 4.78 is 6.24. The molecular weight excluding hydrogens is 1310 g/mol. The molecule has 3 aromatic carbocycles. The Labute approximate surface area is 622 Å². The summed E-state index contributed by atoms with van der Waals surface area (Å²) in [4.78, 5) is 68.2. The van der Waals surface area contributed by atoms with Crippen molar-refractivity contribution in [2.75, 3.05) is 29.2 Å². The van der Waals surface area contributed by atoms with Gasteiger partial charge in [0.2, 0.25) is 17.7 Å². The first-order valence-electron chi connectivity index (χ1n) is 38.7. The van der Waals surface area contributed by atoms with Gasteiger partial charge in [0.05, 0.1) is 52.6 Å². The van der Waals surface area contributed by atoms with E-state index in [4.69, 9.17) is 21.4 Å². The van der Waals surface area contributed by atoms with Crippen LogP contribution in [0.2, 0.25) is 0 Å². The molecule has 13 rings (SSSR count). The smallest absolute Gasteiger partial charge is 0.340 e. The number of rotatable bonds is 11. The molecule has 0 spiro atoms. The van der Waals surface area contributed by atoms with E-state index in [1.54, 1.807) is 54.6 Å². The number of allylic oxidation sites excluding steroid dienone is 2. The van der Waals surface area contributed by atoms with E-state index in [-0.39, 0.29) is 86.8 Å². The molecule has 103 heavy (non-hydrogen) atoms. The van der Waals surface area contributed by atoms with Gasteiger partial charge in [-0.15, -0.1) is 0 Å². The minimum absolute atomic E-state index is 0. The lowest BCUT2D eigenvalue weighted by atomic mass is 9.32. The van der Waals surface area contributed by atoms with Crippen LogP contribution in [0.4, 0.5) is 17.1 Å². The van der Waals surface area contributed by atoms with E-state index < -0.39 is 11.2 Å². The third-order valence-electron chi connectivity index (χ3n) is 31.6. The highest BCUT2D eigenvalue weighted by Gasteiger charge is 2.73. The highest BCUT2D eigenvalue weighted by Crippen LogP contribution is 2.80. The molecule has 10 saturated carbocycles. The maximum absolute atomic E-state index is 13.5. The maximum Gasteiger partial charge on any atom is 0.340 e. The van der Waals surface area contributed by atoms with Gasteiger partial charge in [0.25, 0.3) is 5.24 Å². The molecule has 0 heterocycles. The van der Waals surface area contributed by atoms with Gasteiger partial charge in [-0.05, 0) is 298 Å². The number of carbonyl (C=O) groups is 6. The fourth-order valence-electron chi connectivity index (χ4n) is 26.2. The van der Waals surface area contributed by atoms with Gasteiger partial charge in [-0.3, -0.25) is 19.2 Å². The van der Waals surface area contributed by atoms with Gasteiger partial charge in [0, 0.05) is 32.8 Å². The zero-order chi connectivity index (χ0) is 74.9. The van der Waals surface area contributed by atoms with E-state index >= 15 is 0 Å². The lowest BCUT2D eigenvalue weighted by molar-refractivity contribution is -0.249. The highest BCUT2D eigenvalue weighted by molar-refractivity contribution is 6.68. The van der Waals surface area contributed by atoms with Crippen LogP contribution >= 0.6 is 11.6 Å². The number of aromatic carboxylic acids is 1. The number of hydrogen-bond acceptors (Lipinski definition) is 10. The van der Waals surface area contributed by atoms with Gasteiger partial charge in [-0.2, -0.15) is 0 Å². The van der Waals surface area contributed by atoms with Crippen LogP contribution in [0.15, 0.2) is 97.1 Å². The molecule has 0 aliphatic heterocycles. The van der Waals surface area contributed by atoms with E-state index in [9.17, 15) is 44.1 Å². The molecule has 10 fully saturated rings. The monoisotopic (exact) mass is 1440 g/mol. The average Bonchev–Trinajstić information content (AvgIpc) is 1.45. The summed E-state index contributed by atoms with van der Waals surface area (Å²) in [5.41, 5.74) is 6.65. The lowest BCUT2D eigenvalue weighted by Gasteiger charge is -2.73. The Morgan fingerprint density at radius 2 is 0.825 bits per heavy atom. The zero-order valence-electron chi connectivity index (χ0n) is 64.4. The van der Waals surface area contributed by atoms with Crippen molar-refractivity contribution >= 4 is 63.6 Å². The van der Waals surface area contributed by atoms with E-state index in [0.717, 1.165) is 50.4 Å². The van der Waals surface area contributed by atoms with Gasteiger partial charge < -0.3 is 41.1 Å². The Kier molecular flexibility index (Phi) is 23.8. The molecule has 3 amide bonds. The predicted octanol–water partition coefficient (Wildman–Crippen LogP) is 19.8. The molecular formula is C88H128ClN3O11. The fraction of sp³-hybridized carbons (Fsp3) is 0.682. The number of carbonyl (C=O) groups excluding carboxylic acids is 5. The Morgan fingerprint density at radius 1 is 0.456 bits per heavy atom. The average molecular weight is 1440 g/mol. The lowest BCUT2D eigenvalue weighted by Crippen LogP contribution is -2.66. The topological polar surface area (TPSA) is 229 Å². The predicted molar refractivity (Wildman–Crippen MR) is 413 cm³/mol. The number of halogens is 1. The molecule has 7 N–H and O–H groups in total.